The van der Waals surface area contributed by atoms with Crippen molar-refractivity contribution < 1.29 is 9.53 Å². The zero-order valence-electron chi connectivity index (χ0n) is 28.9. The predicted molar refractivity (Wildman–Crippen MR) is 202 cm³/mol. The highest BCUT2D eigenvalue weighted by molar-refractivity contribution is 7.07. The molecular weight excluding hydrogens is 639 g/mol. The number of ether oxygens (including phenoxy) is 1. The van der Waals surface area contributed by atoms with Gasteiger partial charge in [0.1, 0.15) is 0 Å². The van der Waals surface area contributed by atoms with E-state index in [0.717, 1.165) is 39.3 Å². The van der Waals surface area contributed by atoms with Crippen LogP contribution in [0.2, 0.25) is 0 Å². The molecule has 0 bridgehead atoms. The fourth-order valence-electron chi connectivity index (χ4n) is 6.72. The van der Waals surface area contributed by atoms with Crippen LogP contribution in [0.25, 0.3) is 28.6 Å². The van der Waals surface area contributed by atoms with E-state index in [1.807, 2.05) is 66.7 Å². The van der Waals surface area contributed by atoms with E-state index in [9.17, 15) is 9.59 Å². The normalized spacial score (nSPS) is 14.5. The topological polar surface area (TPSA) is 65.6 Å². The Labute approximate surface area is 296 Å². The van der Waals surface area contributed by atoms with E-state index in [-0.39, 0.29) is 12.2 Å². The van der Waals surface area contributed by atoms with Gasteiger partial charge in [0.25, 0.3) is 5.56 Å². The van der Waals surface area contributed by atoms with Gasteiger partial charge in [-0.05, 0) is 78.8 Å². The number of carbonyl (C=O) groups is 1. The molecule has 6 nitrogen and oxygen atoms in total. The third-order valence-corrected chi connectivity index (χ3v) is 10.3. The predicted octanol–water partition coefficient (Wildman–Crippen LogP) is 8.13. The Hall–Kier alpha value is -5.53. The first-order valence-electron chi connectivity index (χ1n) is 17.0. The maximum absolute atomic E-state index is 14.5. The van der Waals surface area contributed by atoms with Crippen LogP contribution in [0.15, 0.2) is 131 Å². The number of aryl methyl sites for hydroxylation is 1. The summed E-state index contributed by atoms with van der Waals surface area (Å²) in [7, 11) is 0. The first kappa shape index (κ1) is 33.0. The highest BCUT2D eigenvalue weighted by atomic mass is 32.1. The molecule has 250 valence electrons. The lowest BCUT2D eigenvalue weighted by Crippen LogP contribution is -2.40. The maximum atomic E-state index is 14.5. The number of esters is 1. The van der Waals surface area contributed by atoms with Crippen molar-refractivity contribution in [1.29, 1.82) is 0 Å². The second kappa shape index (κ2) is 13.8. The van der Waals surface area contributed by atoms with Crippen LogP contribution >= 0.6 is 11.3 Å². The Bertz CT molecular complexity index is 2400. The summed E-state index contributed by atoms with van der Waals surface area (Å²) in [5, 5.41) is 0. The van der Waals surface area contributed by atoms with E-state index in [0.29, 0.717) is 26.5 Å². The number of rotatable bonds is 8. The molecule has 0 N–H and O–H groups in total. The van der Waals surface area contributed by atoms with Gasteiger partial charge in [-0.1, -0.05) is 122 Å². The molecule has 1 atom stereocenters. The maximum Gasteiger partial charge on any atom is 0.338 e. The van der Waals surface area contributed by atoms with Gasteiger partial charge in [-0.25, -0.2) is 9.79 Å². The largest absolute Gasteiger partial charge is 0.463 e. The average Bonchev–Trinajstić information content (AvgIpc) is 3.61. The van der Waals surface area contributed by atoms with Gasteiger partial charge < -0.3 is 9.30 Å². The molecule has 0 amide bonds. The molecule has 0 fully saturated rings. The molecule has 7 rings (SSSR count). The summed E-state index contributed by atoms with van der Waals surface area (Å²) < 4.78 is 10.1. The second-order valence-electron chi connectivity index (χ2n) is 12.8. The van der Waals surface area contributed by atoms with Crippen LogP contribution in [0, 0.1) is 13.8 Å². The molecule has 0 unspecified atom stereocenters. The molecule has 7 heteroatoms. The van der Waals surface area contributed by atoms with Gasteiger partial charge in [-0.15, -0.1) is 0 Å². The van der Waals surface area contributed by atoms with Crippen molar-refractivity contribution in [2.45, 2.75) is 46.6 Å². The van der Waals surface area contributed by atoms with E-state index in [4.69, 9.17) is 9.73 Å². The number of carbonyl (C=O) groups excluding carboxylic acids is 1. The highest BCUT2D eigenvalue weighted by Gasteiger charge is 2.35. The number of aromatic nitrogens is 2. The molecule has 3 heterocycles. The number of fused-ring (bicyclic) bond motifs is 1. The van der Waals surface area contributed by atoms with Crippen LogP contribution in [-0.4, -0.2) is 21.7 Å². The van der Waals surface area contributed by atoms with Crippen molar-refractivity contribution in [1.82, 2.24) is 9.13 Å². The molecule has 0 saturated carbocycles. The van der Waals surface area contributed by atoms with Crippen molar-refractivity contribution in [3.63, 3.8) is 0 Å². The van der Waals surface area contributed by atoms with E-state index >= 15 is 0 Å². The lowest BCUT2D eigenvalue weighted by molar-refractivity contribution is -0.138. The molecule has 0 aliphatic carbocycles. The second-order valence-corrected chi connectivity index (χ2v) is 13.8. The van der Waals surface area contributed by atoms with Crippen molar-refractivity contribution in [3.05, 3.63) is 174 Å². The first-order chi connectivity index (χ1) is 24.2. The molecule has 1 aliphatic rings. The number of benzene rings is 4. The van der Waals surface area contributed by atoms with Gasteiger partial charge in [-0.2, -0.15) is 0 Å². The van der Waals surface area contributed by atoms with Crippen LogP contribution in [0.5, 0.6) is 0 Å². The molecule has 4 aromatic carbocycles. The molecule has 50 heavy (non-hydrogen) atoms. The quantitative estimate of drug-likeness (QED) is 0.153. The average molecular weight is 678 g/mol. The molecule has 2 aromatic heterocycles. The van der Waals surface area contributed by atoms with Gasteiger partial charge in [-0.3, -0.25) is 9.36 Å². The van der Waals surface area contributed by atoms with Crippen molar-refractivity contribution >= 4 is 29.1 Å². The molecule has 0 spiro atoms. The zero-order valence-corrected chi connectivity index (χ0v) is 29.7. The summed E-state index contributed by atoms with van der Waals surface area (Å²) in [6, 6.07) is 38.1. The molecule has 0 saturated heterocycles. The van der Waals surface area contributed by atoms with E-state index < -0.39 is 12.0 Å². The summed E-state index contributed by atoms with van der Waals surface area (Å²) >= 11 is 1.34. The zero-order chi connectivity index (χ0) is 34.9. The van der Waals surface area contributed by atoms with E-state index in [1.54, 1.807) is 11.5 Å². The van der Waals surface area contributed by atoms with Gasteiger partial charge in [0.05, 0.1) is 28.5 Å². The summed E-state index contributed by atoms with van der Waals surface area (Å²) in [4.78, 5) is 33.9. The summed E-state index contributed by atoms with van der Waals surface area (Å²) in [5.41, 5.74) is 9.89. The Morgan fingerprint density at radius 1 is 0.860 bits per heavy atom. The molecular formula is C43H39N3O3S. The minimum Gasteiger partial charge on any atom is -0.463 e. The molecule has 0 radical (unpaired) electrons. The third kappa shape index (κ3) is 6.09. The van der Waals surface area contributed by atoms with Crippen molar-refractivity contribution in [2.75, 3.05) is 6.61 Å². The number of nitrogens with zero attached hydrogens (tertiary/aromatic N) is 3. The Balaban J connectivity index is 1.38. The van der Waals surface area contributed by atoms with Crippen LogP contribution in [0.3, 0.4) is 0 Å². The van der Waals surface area contributed by atoms with Gasteiger partial charge in [0, 0.05) is 22.6 Å². The minimum absolute atomic E-state index is 0.197. The fraction of sp³-hybridized carbons (Fsp3) is 0.186. The first-order valence-corrected chi connectivity index (χ1v) is 17.8. The monoisotopic (exact) mass is 677 g/mol. The third-order valence-electron chi connectivity index (χ3n) is 9.28. The van der Waals surface area contributed by atoms with Crippen LogP contribution < -0.4 is 14.9 Å². The number of hydrogen-bond donors (Lipinski definition) is 0. The fourth-order valence-corrected chi connectivity index (χ4v) is 7.72. The molecule has 6 aromatic rings. The van der Waals surface area contributed by atoms with Crippen molar-refractivity contribution in [3.8, 4) is 16.8 Å². The summed E-state index contributed by atoms with van der Waals surface area (Å²) in [5.74, 6) is -0.143. The standard InChI is InChI=1S/C43H39N3O3S/c1-6-49-42(48)38-39(33-15-11-8-12-16-33)44-43-46(40(38)34-19-17-30(18-20-34)27(2)3)41(47)37(50-43)26-35-25-28(4)45(29(35)5)36-23-21-32(22-24-36)31-13-9-7-10-14-31/h7-27,40H,6H2,1-5H3/b37-26-/t40-/m0/s1. The van der Waals surface area contributed by atoms with Crippen LogP contribution in [0.1, 0.15) is 66.4 Å². The Morgan fingerprint density at radius 2 is 1.48 bits per heavy atom. The summed E-state index contributed by atoms with van der Waals surface area (Å²) in [6.07, 6.45) is 1.95. The lowest BCUT2D eigenvalue weighted by Gasteiger charge is -2.26. The Kier molecular flexibility index (Phi) is 9.08. The summed E-state index contributed by atoms with van der Waals surface area (Å²) in [6.45, 7) is 10.4. The van der Waals surface area contributed by atoms with Gasteiger partial charge >= 0.3 is 5.97 Å². The van der Waals surface area contributed by atoms with Gasteiger partial charge in [0.15, 0.2) is 4.80 Å². The number of hydrogen-bond acceptors (Lipinski definition) is 5. The SMILES string of the molecule is CCOC(=O)C1=C(c2ccccc2)N=c2s/c(=C\c3cc(C)n(-c4ccc(-c5ccccc5)cc4)c3C)c(=O)n2[C@H]1c1ccc(C(C)C)cc1. The van der Waals surface area contributed by atoms with E-state index in [2.05, 4.69) is 86.9 Å². The Morgan fingerprint density at radius 3 is 2.10 bits per heavy atom. The lowest BCUT2D eigenvalue weighted by atomic mass is 9.91. The smallest absolute Gasteiger partial charge is 0.338 e. The highest BCUT2D eigenvalue weighted by Crippen LogP contribution is 2.36. The number of thiazole rings is 1. The van der Waals surface area contributed by atoms with Gasteiger partial charge in [0.2, 0.25) is 0 Å². The van der Waals surface area contributed by atoms with Crippen LogP contribution in [0.4, 0.5) is 0 Å². The minimum atomic E-state index is -0.709. The van der Waals surface area contributed by atoms with Crippen LogP contribution in [-0.2, 0) is 9.53 Å². The van der Waals surface area contributed by atoms with Crippen molar-refractivity contribution in [2.24, 2.45) is 4.99 Å². The molecule has 1 aliphatic heterocycles. The van der Waals surface area contributed by atoms with E-state index in [1.165, 1.54) is 22.5 Å².